The highest BCUT2D eigenvalue weighted by atomic mass is 16.2. The van der Waals surface area contributed by atoms with Gasteiger partial charge in [-0.1, -0.05) is 26.2 Å². The molecule has 2 heterocycles. The van der Waals surface area contributed by atoms with Crippen molar-refractivity contribution >= 4 is 29.2 Å². The number of anilines is 2. The van der Waals surface area contributed by atoms with Crippen molar-refractivity contribution in [3.63, 3.8) is 0 Å². The lowest BCUT2D eigenvalue weighted by molar-refractivity contribution is -0.140. The molecule has 0 unspecified atom stereocenters. The second kappa shape index (κ2) is 9.49. The van der Waals surface area contributed by atoms with Crippen LogP contribution >= 0.6 is 0 Å². The molecule has 3 rings (SSSR count). The number of nitrogens with two attached hydrogens (primary N) is 1. The van der Waals surface area contributed by atoms with Gasteiger partial charge in [-0.25, -0.2) is 4.79 Å². The first-order valence-corrected chi connectivity index (χ1v) is 11.1. The molecular weight excluding hydrogens is 402 g/mol. The molecule has 1 aromatic rings. The van der Waals surface area contributed by atoms with E-state index in [0.29, 0.717) is 25.8 Å². The molecule has 10 heteroatoms. The van der Waals surface area contributed by atoms with Gasteiger partial charge in [0.15, 0.2) is 5.69 Å². The molecule has 1 aromatic heterocycles. The van der Waals surface area contributed by atoms with Crippen molar-refractivity contribution in [2.24, 2.45) is 11.8 Å². The summed E-state index contributed by atoms with van der Waals surface area (Å²) in [6.07, 6.45) is 4.71. The van der Waals surface area contributed by atoms with Crippen LogP contribution in [0.1, 0.15) is 58.8 Å². The van der Waals surface area contributed by atoms with Crippen LogP contribution in [0.2, 0.25) is 0 Å². The van der Waals surface area contributed by atoms with Crippen molar-refractivity contribution in [3.8, 4) is 0 Å². The highest BCUT2D eigenvalue weighted by molar-refractivity contribution is 6.05. The van der Waals surface area contributed by atoms with E-state index in [0.717, 1.165) is 19.3 Å². The summed E-state index contributed by atoms with van der Waals surface area (Å²) < 4.78 is 1.26. The predicted molar refractivity (Wildman–Crippen MR) is 115 cm³/mol. The van der Waals surface area contributed by atoms with Crippen LogP contribution in [0.25, 0.3) is 0 Å². The topological polar surface area (TPSA) is 139 Å². The second-order valence-electron chi connectivity index (χ2n) is 8.21. The second-order valence-corrected chi connectivity index (χ2v) is 8.21. The van der Waals surface area contributed by atoms with E-state index in [9.17, 15) is 24.0 Å². The first-order chi connectivity index (χ1) is 14.8. The number of fused-ring (bicyclic) bond motifs is 1. The fraction of sp³-hybridized carbons (Fsp3) is 0.667. The Kier molecular flexibility index (Phi) is 6.97. The van der Waals surface area contributed by atoms with Crippen molar-refractivity contribution in [1.82, 2.24) is 14.5 Å². The molecule has 2 aliphatic rings. The van der Waals surface area contributed by atoms with E-state index < -0.39 is 17.2 Å². The molecule has 10 nitrogen and oxygen atoms in total. The lowest BCUT2D eigenvalue weighted by Crippen LogP contribution is -2.42. The summed E-state index contributed by atoms with van der Waals surface area (Å²) in [4.78, 5) is 67.5. The number of amides is 3. The number of carbonyl (C=O) groups excluding carboxylic acids is 3. The third-order valence-electron chi connectivity index (χ3n) is 6.32. The Morgan fingerprint density at radius 3 is 2.23 bits per heavy atom. The van der Waals surface area contributed by atoms with Gasteiger partial charge in [0.25, 0.3) is 5.56 Å². The van der Waals surface area contributed by atoms with Gasteiger partial charge in [-0.15, -0.1) is 0 Å². The molecule has 1 saturated carbocycles. The van der Waals surface area contributed by atoms with Gasteiger partial charge in [0.05, 0.1) is 11.8 Å². The van der Waals surface area contributed by atoms with Crippen LogP contribution in [0, 0.1) is 11.8 Å². The van der Waals surface area contributed by atoms with Crippen molar-refractivity contribution in [2.45, 2.75) is 65.3 Å². The monoisotopic (exact) mass is 433 g/mol. The third kappa shape index (κ3) is 4.28. The van der Waals surface area contributed by atoms with Gasteiger partial charge >= 0.3 is 5.69 Å². The fourth-order valence-corrected chi connectivity index (χ4v) is 4.63. The van der Waals surface area contributed by atoms with E-state index in [1.807, 2.05) is 6.92 Å². The summed E-state index contributed by atoms with van der Waals surface area (Å²) in [5.74, 6) is -1.42. The first-order valence-electron chi connectivity index (χ1n) is 11.1. The van der Waals surface area contributed by atoms with Gasteiger partial charge in [-0.05, 0) is 26.2 Å². The van der Waals surface area contributed by atoms with E-state index in [1.54, 1.807) is 6.92 Å². The molecule has 0 radical (unpaired) electrons. The quantitative estimate of drug-likeness (QED) is 0.583. The molecule has 3 N–H and O–H groups in total. The van der Waals surface area contributed by atoms with Crippen molar-refractivity contribution in [1.29, 1.82) is 0 Å². The Bertz CT molecular complexity index is 957. The van der Waals surface area contributed by atoms with Crippen molar-refractivity contribution in [2.75, 3.05) is 23.7 Å². The Labute approximate surface area is 180 Å². The number of unbranched alkanes of at least 4 members (excludes halogenated alkanes) is 1. The number of rotatable bonds is 8. The lowest BCUT2D eigenvalue weighted by atomic mass is 9.81. The van der Waals surface area contributed by atoms with Crippen LogP contribution in [0.4, 0.5) is 11.5 Å². The number of H-pyrrole nitrogens is 1. The number of aromatic nitrogens is 2. The van der Waals surface area contributed by atoms with E-state index >= 15 is 0 Å². The lowest BCUT2D eigenvalue weighted by Gasteiger charge is -2.24. The molecule has 0 bridgehead atoms. The summed E-state index contributed by atoms with van der Waals surface area (Å²) in [7, 11) is 0. The minimum atomic E-state index is -0.732. The number of aromatic amines is 1. The number of nitrogens with zero attached hydrogens (tertiary/aromatic N) is 3. The van der Waals surface area contributed by atoms with Gasteiger partial charge in [0, 0.05) is 26.1 Å². The summed E-state index contributed by atoms with van der Waals surface area (Å²) in [6, 6.07) is 0. The number of hydrogen-bond donors (Lipinski definition) is 2. The molecular formula is C21H31N5O5. The maximum Gasteiger partial charge on any atom is 0.330 e. The van der Waals surface area contributed by atoms with Crippen LogP contribution in [0.3, 0.4) is 0 Å². The summed E-state index contributed by atoms with van der Waals surface area (Å²) in [6.45, 7) is 4.13. The Balaban J connectivity index is 1.78. The maximum absolute atomic E-state index is 13.0. The average molecular weight is 434 g/mol. The zero-order valence-electron chi connectivity index (χ0n) is 18.2. The minimum Gasteiger partial charge on any atom is -0.383 e. The number of carbonyl (C=O) groups is 3. The number of nitrogens with one attached hydrogen (secondary N) is 1. The van der Waals surface area contributed by atoms with Crippen LogP contribution in [0.5, 0.6) is 0 Å². The van der Waals surface area contributed by atoms with Crippen LogP contribution in [-0.4, -0.2) is 45.3 Å². The summed E-state index contributed by atoms with van der Waals surface area (Å²) in [5, 5.41) is 0. The van der Waals surface area contributed by atoms with Gasteiger partial charge in [-0.2, -0.15) is 0 Å². The molecule has 2 fully saturated rings. The molecule has 170 valence electrons. The normalized spacial score (nSPS) is 20.8. The van der Waals surface area contributed by atoms with E-state index in [-0.39, 0.29) is 54.7 Å². The van der Waals surface area contributed by atoms with Crippen molar-refractivity contribution in [3.05, 3.63) is 20.8 Å². The molecule has 2 atom stereocenters. The van der Waals surface area contributed by atoms with Gasteiger partial charge in [-0.3, -0.25) is 33.6 Å². The van der Waals surface area contributed by atoms with Gasteiger partial charge in [0.2, 0.25) is 17.7 Å². The largest absolute Gasteiger partial charge is 0.383 e. The zero-order chi connectivity index (χ0) is 22.7. The number of hydrogen-bond acceptors (Lipinski definition) is 6. The molecule has 1 aliphatic heterocycles. The Morgan fingerprint density at radius 2 is 1.68 bits per heavy atom. The average Bonchev–Trinajstić information content (AvgIpc) is 2.99. The number of nitrogen functional groups attached to an aromatic ring is 1. The summed E-state index contributed by atoms with van der Waals surface area (Å²) in [5.41, 5.74) is 4.70. The van der Waals surface area contributed by atoms with Gasteiger partial charge in [0.1, 0.15) is 5.82 Å². The van der Waals surface area contributed by atoms with E-state index in [4.69, 9.17) is 5.73 Å². The van der Waals surface area contributed by atoms with Crippen LogP contribution in [0.15, 0.2) is 9.59 Å². The SMILES string of the molecule is CCCCn1c(N)c(N(CC)C(=O)CCN2C(=O)[C@H]3CCCC[C@@H]3C2=O)c(=O)[nH]c1=O. The predicted octanol–water partition coefficient (Wildman–Crippen LogP) is 0.837. The number of likely N-dealkylation sites (tertiary alicyclic amines) is 1. The molecule has 0 spiro atoms. The highest BCUT2D eigenvalue weighted by Crippen LogP contribution is 2.38. The highest BCUT2D eigenvalue weighted by Gasteiger charge is 2.47. The Morgan fingerprint density at radius 1 is 1.06 bits per heavy atom. The zero-order valence-corrected chi connectivity index (χ0v) is 18.2. The number of imide groups is 1. The van der Waals surface area contributed by atoms with Crippen LogP contribution < -0.4 is 21.9 Å². The maximum atomic E-state index is 13.0. The molecule has 1 saturated heterocycles. The molecule has 31 heavy (non-hydrogen) atoms. The molecule has 3 amide bonds. The van der Waals surface area contributed by atoms with Crippen LogP contribution in [-0.2, 0) is 20.9 Å². The Hall–Kier alpha value is -2.91. The van der Waals surface area contributed by atoms with E-state index in [2.05, 4.69) is 4.98 Å². The van der Waals surface area contributed by atoms with E-state index in [1.165, 1.54) is 14.4 Å². The first kappa shape index (κ1) is 22.8. The molecule has 1 aliphatic carbocycles. The van der Waals surface area contributed by atoms with Gasteiger partial charge < -0.3 is 10.6 Å². The standard InChI is InChI=1S/C21H31N5O5/c1-3-5-11-25-17(22)16(18(28)23-21(25)31)24(4-2)15(27)10-12-26-19(29)13-8-6-7-9-14(13)20(26)30/h13-14H,3-12,22H2,1-2H3,(H,23,28,31)/t13-,14-/m0/s1. The minimum absolute atomic E-state index is 0.0206. The summed E-state index contributed by atoms with van der Waals surface area (Å²) >= 11 is 0. The third-order valence-corrected chi connectivity index (χ3v) is 6.32. The smallest absolute Gasteiger partial charge is 0.330 e. The fourth-order valence-electron chi connectivity index (χ4n) is 4.63. The van der Waals surface area contributed by atoms with Crippen molar-refractivity contribution < 1.29 is 14.4 Å². The molecule has 0 aromatic carbocycles.